The second-order valence-corrected chi connectivity index (χ2v) is 8.85. The number of carbonyl (C=O) groups excluding carboxylic acids is 1. The van der Waals surface area contributed by atoms with E-state index in [0.717, 1.165) is 15.8 Å². The van der Waals surface area contributed by atoms with Crippen molar-refractivity contribution >= 4 is 11.7 Å². The molecule has 4 aromatic rings. The van der Waals surface area contributed by atoms with Crippen LogP contribution in [0.4, 0.5) is 19.0 Å². The van der Waals surface area contributed by atoms with Gasteiger partial charge in [-0.05, 0) is 41.3 Å². The van der Waals surface area contributed by atoms with E-state index in [9.17, 15) is 18.0 Å². The van der Waals surface area contributed by atoms with Crippen LogP contribution in [-0.2, 0) is 11.3 Å². The fraction of sp³-hybridized carbons (Fsp3) is 0.214. The minimum Gasteiger partial charge on any atom is -0.309 e. The normalized spacial score (nSPS) is 12.9. The molecule has 2 aromatic heterocycles. The van der Waals surface area contributed by atoms with E-state index in [4.69, 9.17) is 5.26 Å². The van der Waals surface area contributed by atoms with Crippen molar-refractivity contribution in [2.45, 2.75) is 31.6 Å². The summed E-state index contributed by atoms with van der Waals surface area (Å²) in [6.45, 7) is 1.37. The Balaban J connectivity index is 1.43. The maximum absolute atomic E-state index is 13.3. The average Bonchev–Trinajstić information content (AvgIpc) is 3.36. The van der Waals surface area contributed by atoms with Crippen molar-refractivity contribution in [1.82, 2.24) is 20.1 Å². The predicted molar refractivity (Wildman–Crippen MR) is 137 cm³/mol. The highest BCUT2D eigenvalue weighted by Gasteiger charge is 2.28. The van der Waals surface area contributed by atoms with Gasteiger partial charge in [-0.25, -0.2) is 4.98 Å². The molecule has 0 bridgehead atoms. The highest BCUT2D eigenvalue weighted by Crippen LogP contribution is 2.23. The van der Waals surface area contributed by atoms with E-state index < -0.39 is 18.8 Å². The molecule has 2 aromatic carbocycles. The zero-order chi connectivity index (χ0) is 27.1. The number of benzene rings is 2. The summed E-state index contributed by atoms with van der Waals surface area (Å²) in [5.41, 5.74) is 3.47. The van der Waals surface area contributed by atoms with Crippen molar-refractivity contribution < 1.29 is 18.0 Å². The van der Waals surface area contributed by atoms with Crippen molar-refractivity contribution in [1.29, 1.82) is 5.26 Å². The van der Waals surface area contributed by atoms with Crippen LogP contribution in [0.15, 0.2) is 85.3 Å². The smallest absolute Gasteiger partial charge is 0.309 e. The van der Waals surface area contributed by atoms with Gasteiger partial charge in [-0.15, -0.1) is 0 Å². The number of carbonyl (C=O) groups is 1. The van der Waals surface area contributed by atoms with Gasteiger partial charge in [0.05, 0.1) is 17.8 Å². The Labute approximate surface area is 217 Å². The fourth-order valence-corrected chi connectivity index (χ4v) is 3.93. The van der Waals surface area contributed by atoms with E-state index >= 15 is 0 Å². The third kappa shape index (κ3) is 7.05. The molecule has 4 rings (SSSR count). The fourth-order valence-electron chi connectivity index (χ4n) is 3.93. The molecule has 2 heterocycles. The highest BCUT2D eigenvalue weighted by molar-refractivity contribution is 5.95. The summed E-state index contributed by atoms with van der Waals surface area (Å²) in [5.74, 6) is 0.0863. The average molecular weight is 519 g/mol. The molecule has 0 radical (unpaired) electrons. The summed E-state index contributed by atoms with van der Waals surface area (Å²) in [6.07, 6.45) is -0.250. The van der Waals surface area contributed by atoms with Gasteiger partial charge in [0.15, 0.2) is 0 Å². The van der Waals surface area contributed by atoms with Gasteiger partial charge in [-0.2, -0.15) is 23.5 Å². The third-order valence-corrected chi connectivity index (χ3v) is 5.95. The van der Waals surface area contributed by atoms with E-state index in [1.807, 2.05) is 49.4 Å². The van der Waals surface area contributed by atoms with Crippen molar-refractivity contribution in [2.75, 3.05) is 11.9 Å². The summed E-state index contributed by atoms with van der Waals surface area (Å²) in [4.78, 5) is 17.5. The van der Waals surface area contributed by atoms with E-state index in [1.165, 1.54) is 18.6 Å². The highest BCUT2D eigenvalue weighted by atomic mass is 19.4. The van der Waals surface area contributed by atoms with Crippen LogP contribution in [0.2, 0.25) is 0 Å². The van der Waals surface area contributed by atoms with Crippen LogP contribution in [-0.4, -0.2) is 33.4 Å². The second-order valence-electron chi connectivity index (χ2n) is 8.85. The summed E-state index contributed by atoms with van der Waals surface area (Å²) in [6, 6.07) is 21.3. The number of pyridine rings is 1. The molecule has 0 aliphatic heterocycles. The number of aromatic nitrogens is 3. The molecule has 2 N–H and O–H groups in total. The zero-order valence-corrected chi connectivity index (χ0v) is 20.5. The number of rotatable bonds is 9. The Hall–Kier alpha value is -4.49. The van der Waals surface area contributed by atoms with Gasteiger partial charge >= 0.3 is 6.18 Å². The Bertz CT molecular complexity index is 1390. The van der Waals surface area contributed by atoms with Gasteiger partial charge in [-0.3, -0.25) is 9.48 Å². The van der Waals surface area contributed by atoms with Gasteiger partial charge in [0.25, 0.3) is 0 Å². The third-order valence-electron chi connectivity index (χ3n) is 5.95. The minimum atomic E-state index is -4.36. The molecule has 0 aliphatic carbocycles. The Morgan fingerprint density at radius 2 is 1.74 bits per heavy atom. The van der Waals surface area contributed by atoms with Crippen molar-refractivity contribution in [3.8, 4) is 17.2 Å². The molecule has 2 atom stereocenters. The maximum Gasteiger partial charge on any atom is 0.408 e. The number of hydrogen-bond donors (Lipinski definition) is 2. The van der Waals surface area contributed by atoms with Gasteiger partial charge < -0.3 is 10.6 Å². The van der Waals surface area contributed by atoms with Crippen LogP contribution < -0.4 is 10.6 Å². The quantitative estimate of drug-likeness (QED) is 0.307. The first-order valence-corrected chi connectivity index (χ1v) is 11.9. The van der Waals surface area contributed by atoms with E-state index in [1.54, 1.807) is 24.3 Å². The number of nitrogens with zero attached hydrogens (tertiary/aromatic N) is 4. The van der Waals surface area contributed by atoms with E-state index in [2.05, 4.69) is 26.8 Å². The molecule has 0 saturated heterocycles. The SMILES string of the molecule is C[C@H](CN[C@@H](C(=O)Nc1ccc(-c2cnn(CC(F)(F)F)c2)cn1)c1ccccc1)c1ccc(C#N)cc1. The van der Waals surface area contributed by atoms with Crippen LogP contribution in [0.25, 0.3) is 11.1 Å². The van der Waals surface area contributed by atoms with Crippen LogP contribution in [0.1, 0.15) is 35.6 Å². The second kappa shape index (κ2) is 11.7. The molecule has 0 aliphatic rings. The van der Waals surface area contributed by atoms with Gasteiger partial charge in [0.1, 0.15) is 18.4 Å². The zero-order valence-electron chi connectivity index (χ0n) is 20.5. The largest absolute Gasteiger partial charge is 0.408 e. The van der Waals surface area contributed by atoms with Crippen molar-refractivity contribution in [3.05, 3.63) is 102 Å². The first-order chi connectivity index (χ1) is 18.2. The van der Waals surface area contributed by atoms with E-state index in [0.29, 0.717) is 29.1 Å². The lowest BCUT2D eigenvalue weighted by Crippen LogP contribution is -2.35. The number of hydrogen-bond acceptors (Lipinski definition) is 5. The lowest BCUT2D eigenvalue weighted by Gasteiger charge is -2.21. The topological polar surface area (TPSA) is 95.6 Å². The predicted octanol–water partition coefficient (Wildman–Crippen LogP) is 5.45. The lowest BCUT2D eigenvalue weighted by atomic mass is 9.98. The molecule has 1 amide bonds. The van der Waals surface area contributed by atoms with Crippen LogP contribution in [0.3, 0.4) is 0 Å². The van der Waals surface area contributed by atoms with Crippen molar-refractivity contribution in [3.63, 3.8) is 0 Å². The number of nitriles is 1. The lowest BCUT2D eigenvalue weighted by molar-refractivity contribution is -0.142. The summed E-state index contributed by atoms with van der Waals surface area (Å²) >= 11 is 0. The molecule has 0 unspecified atom stereocenters. The standard InChI is InChI=1S/C28H25F3N6O/c1-19(21-9-7-20(13-32)8-10-21)14-34-26(22-5-3-2-4-6-22)27(38)36-25-12-11-23(15-33-25)24-16-35-37(17-24)18-28(29,30)31/h2-12,15-17,19,26,34H,14,18H2,1H3,(H,33,36,38)/t19-,26-/m1/s1. The number of halogens is 3. The number of amides is 1. The van der Waals surface area contributed by atoms with Crippen LogP contribution in [0, 0.1) is 11.3 Å². The molecule has 7 nitrogen and oxygen atoms in total. The number of nitrogens with one attached hydrogen (secondary N) is 2. The summed E-state index contributed by atoms with van der Waals surface area (Å²) in [7, 11) is 0. The summed E-state index contributed by atoms with van der Waals surface area (Å²) < 4.78 is 38.6. The summed E-state index contributed by atoms with van der Waals surface area (Å²) in [5, 5.41) is 18.9. The molecule has 38 heavy (non-hydrogen) atoms. The number of anilines is 1. The van der Waals surface area contributed by atoms with Crippen LogP contribution >= 0.6 is 0 Å². The molecule has 0 saturated carbocycles. The van der Waals surface area contributed by atoms with Gasteiger partial charge in [-0.1, -0.05) is 49.4 Å². The van der Waals surface area contributed by atoms with E-state index in [-0.39, 0.29) is 11.8 Å². The number of alkyl halides is 3. The molecule has 194 valence electrons. The van der Waals surface area contributed by atoms with Crippen molar-refractivity contribution in [2.24, 2.45) is 0 Å². The minimum absolute atomic E-state index is 0.0809. The van der Waals surface area contributed by atoms with Crippen LogP contribution in [0.5, 0.6) is 0 Å². The van der Waals surface area contributed by atoms with Gasteiger partial charge in [0, 0.05) is 30.1 Å². The first kappa shape index (κ1) is 26.6. The molecule has 10 heteroatoms. The maximum atomic E-state index is 13.3. The molecular weight excluding hydrogens is 493 g/mol. The molecule has 0 fully saturated rings. The molecule has 0 spiro atoms. The first-order valence-electron chi connectivity index (χ1n) is 11.9. The Morgan fingerprint density at radius 1 is 1.00 bits per heavy atom. The van der Waals surface area contributed by atoms with Gasteiger partial charge in [0.2, 0.25) is 5.91 Å². The monoisotopic (exact) mass is 518 g/mol. The Kier molecular flexibility index (Phi) is 8.19. The molecular formula is C28H25F3N6O. The Morgan fingerprint density at radius 3 is 2.37 bits per heavy atom.